The minimum atomic E-state index is 0.282. The van der Waals surface area contributed by atoms with Gasteiger partial charge in [0.15, 0.2) is 0 Å². The van der Waals surface area contributed by atoms with Crippen molar-refractivity contribution < 1.29 is 5.11 Å². The van der Waals surface area contributed by atoms with Crippen LogP contribution in [0.15, 0.2) is 34.8 Å². The molecule has 0 bridgehead atoms. The number of halogens is 1. The molecule has 0 radical (unpaired) electrons. The first-order valence-corrected chi connectivity index (χ1v) is 7.55. The summed E-state index contributed by atoms with van der Waals surface area (Å²) in [6, 6.07) is 9.96. The summed E-state index contributed by atoms with van der Waals surface area (Å²) >= 11 is 5.18. The predicted molar refractivity (Wildman–Crippen MR) is 80.0 cm³/mol. The highest BCUT2D eigenvalue weighted by molar-refractivity contribution is 9.10. The summed E-state index contributed by atoms with van der Waals surface area (Å²) in [5.74, 6) is 0.282. The topological polar surface area (TPSA) is 32.3 Å². The molecule has 2 aromatic rings. The van der Waals surface area contributed by atoms with E-state index < -0.39 is 0 Å². The molecular weight excluding hydrogens is 310 g/mol. The van der Waals surface area contributed by atoms with E-state index in [9.17, 15) is 5.11 Å². The molecule has 2 N–H and O–H groups in total. The molecule has 0 atom stereocenters. The Bertz CT molecular complexity index is 524. The van der Waals surface area contributed by atoms with Gasteiger partial charge in [-0.05, 0) is 52.2 Å². The molecule has 0 amide bonds. The largest absolute Gasteiger partial charge is 0.507 e. The molecule has 0 fully saturated rings. The zero-order valence-corrected chi connectivity index (χ0v) is 12.6. The molecule has 0 aliphatic heterocycles. The molecule has 18 heavy (non-hydrogen) atoms. The third kappa shape index (κ3) is 3.57. The summed E-state index contributed by atoms with van der Waals surface area (Å²) < 4.78 is 0.742. The molecule has 0 spiro atoms. The van der Waals surface area contributed by atoms with Crippen molar-refractivity contribution in [3.63, 3.8) is 0 Å². The number of nitrogens with one attached hydrogen (secondary N) is 1. The van der Waals surface area contributed by atoms with Crippen molar-refractivity contribution in [2.24, 2.45) is 0 Å². The van der Waals surface area contributed by atoms with Crippen LogP contribution >= 0.6 is 27.3 Å². The normalized spacial score (nSPS) is 10.8. The van der Waals surface area contributed by atoms with Crippen LogP contribution in [0.4, 0.5) is 0 Å². The van der Waals surface area contributed by atoms with Crippen LogP contribution in [0.2, 0.25) is 0 Å². The number of benzene rings is 1. The van der Waals surface area contributed by atoms with Crippen LogP contribution in [0.1, 0.15) is 22.2 Å². The van der Waals surface area contributed by atoms with E-state index in [1.165, 1.54) is 9.75 Å². The molecule has 0 aliphatic rings. The average molecular weight is 326 g/mol. The SMILES string of the molecule is CCc1ccc(CNCc2ccc(O)c(Br)c2)s1. The Hall–Kier alpha value is -0.840. The second kappa shape index (κ2) is 6.36. The number of hydrogen-bond donors (Lipinski definition) is 2. The third-order valence-electron chi connectivity index (χ3n) is 2.71. The molecule has 0 saturated carbocycles. The molecule has 96 valence electrons. The molecule has 1 aromatic heterocycles. The number of rotatable bonds is 5. The van der Waals surface area contributed by atoms with Crippen LogP contribution in [0.5, 0.6) is 5.75 Å². The number of phenols is 1. The number of aryl methyl sites for hydroxylation is 1. The van der Waals surface area contributed by atoms with E-state index in [2.05, 4.69) is 40.3 Å². The van der Waals surface area contributed by atoms with Gasteiger partial charge in [-0.1, -0.05) is 13.0 Å². The fourth-order valence-electron chi connectivity index (χ4n) is 1.70. The summed E-state index contributed by atoms with van der Waals surface area (Å²) in [5.41, 5.74) is 1.16. The monoisotopic (exact) mass is 325 g/mol. The lowest BCUT2D eigenvalue weighted by Crippen LogP contribution is -2.11. The Kier molecular flexibility index (Phi) is 4.80. The van der Waals surface area contributed by atoms with Gasteiger partial charge in [0.05, 0.1) is 4.47 Å². The highest BCUT2D eigenvalue weighted by Crippen LogP contribution is 2.24. The molecule has 4 heteroatoms. The quantitative estimate of drug-likeness (QED) is 0.868. The van der Waals surface area contributed by atoms with Crippen LogP contribution in [0.3, 0.4) is 0 Å². The van der Waals surface area contributed by atoms with E-state index >= 15 is 0 Å². The molecule has 2 nitrogen and oxygen atoms in total. The molecule has 0 aliphatic carbocycles. The predicted octanol–water partition coefficient (Wildman–Crippen LogP) is 4.07. The van der Waals surface area contributed by atoms with Crippen LogP contribution < -0.4 is 5.32 Å². The molecule has 0 saturated heterocycles. The number of thiophene rings is 1. The first-order chi connectivity index (χ1) is 8.69. The zero-order valence-electron chi connectivity index (χ0n) is 10.2. The van der Waals surface area contributed by atoms with Gasteiger partial charge in [0.1, 0.15) is 5.75 Å². The van der Waals surface area contributed by atoms with Crippen molar-refractivity contribution in [1.82, 2.24) is 5.32 Å². The van der Waals surface area contributed by atoms with Crippen LogP contribution in [0, 0.1) is 0 Å². The maximum atomic E-state index is 9.41. The Morgan fingerprint density at radius 3 is 2.61 bits per heavy atom. The molecular formula is C14H16BrNOS. The Morgan fingerprint density at radius 2 is 1.94 bits per heavy atom. The first kappa shape index (κ1) is 13.6. The molecule has 2 rings (SSSR count). The van der Waals surface area contributed by atoms with E-state index in [-0.39, 0.29) is 5.75 Å². The molecule has 1 heterocycles. The highest BCUT2D eigenvalue weighted by atomic mass is 79.9. The lowest BCUT2D eigenvalue weighted by Gasteiger charge is -2.05. The Morgan fingerprint density at radius 1 is 1.17 bits per heavy atom. The van der Waals surface area contributed by atoms with Crippen LogP contribution in [0.25, 0.3) is 0 Å². The van der Waals surface area contributed by atoms with E-state index in [0.29, 0.717) is 0 Å². The van der Waals surface area contributed by atoms with Gasteiger partial charge in [-0.3, -0.25) is 0 Å². The Balaban J connectivity index is 1.86. The van der Waals surface area contributed by atoms with Crippen molar-refractivity contribution in [1.29, 1.82) is 0 Å². The van der Waals surface area contributed by atoms with Crippen molar-refractivity contribution in [2.75, 3.05) is 0 Å². The summed E-state index contributed by atoms with van der Waals surface area (Å²) in [7, 11) is 0. The van der Waals surface area contributed by atoms with Gasteiger partial charge < -0.3 is 10.4 Å². The van der Waals surface area contributed by atoms with Gasteiger partial charge in [-0.25, -0.2) is 0 Å². The maximum Gasteiger partial charge on any atom is 0.129 e. The van der Waals surface area contributed by atoms with Gasteiger partial charge in [0.2, 0.25) is 0 Å². The lowest BCUT2D eigenvalue weighted by atomic mass is 10.2. The standard InChI is InChI=1S/C14H16BrNOS/c1-2-11-4-5-12(18-11)9-16-8-10-3-6-14(17)13(15)7-10/h3-7,16-17H,2,8-9H2,1H3. The minimum Gasteiger partial charge on any atom is -0.507 e. The van der Waals surface area contributed by atoms with E-state index in [1.807, 2.05) is 23.5 Å². The summed E-state index contributed by atoms with van der Waals surface area (Å²) in [5, 5.41) is 12.8. The highest BCUT2D eigenvalue weighted by Gasteiger charge is 2.01. The van der Waals surface area contributed by atoms with Crippen molar-refractivity contribution in [2.45, 2.75) is 26.4 Å². The van der Waals surface area contributed by atoms with Gasteiger partial charge in [-0.2, -0.15) is 0 Å². The number of aromatic hydroxyl groups is 1. The van der Waals surface area contributed by atoms with Crippen molar-refractivity contribution in [3.05, 3.63) is 50.1 Å². The van der Waals surface area contributed by atoms with Gasteiger partial charge >= 0.3 is 0 Å². The van der Waals surface area contributed by atoms with E-state index in [4.69, 9.17) is 0 Å². The lowest BCUT2D eigenvalue weighted by molar-refractivity contribution is 0.471. The minimum absolute atomic E-state index is 0.282. The van der Waals surface area contributed by atoms with E-state index in [1.54, 1.807) is 6.07 Å². The number of hydrogen-bond acceptors (Lipinski definition) is 3. The fourth-order valence-corrected chi connectivity index (χ4v) is 3.05. The Labute approximate surface area is 120 Å². The van der Waals surface area contributed by atoms with Gasteiger partial charge in [0, 0.05) is 22.8 Å². The third-order valence-corrected chi connectivity index (χ3v) is 4.57. The first-order valence-electron chi connectivity index (χ1n) is 5.94. The van der Waals surface area contributed by atoms with Gasteiger partial charge in [0.25, 0.3) is 0 Å². The molecule has 1 aromatic carbocycles. The molecule has 0 unspecified atom stereocenters. The second-order valence-electron chi connectivity index (χ2n) is 4.11. The van der Waals surface area contributed by atoms with Crippen molar-refractivity contribution >= 4 is 27.3 Å². The summed E-state index contributed by atoms with van der Waals surface area (Å²) in [6.45, 7) is 3.87. The fraction of sp³-hybridized carbons (Fsp3) is 0.286. The zero-order chi connectivity index (χ0) is 13.0. The average Bonchev–Trinajstić information content (AvgIpc) is 2.82. The van der Waals surface area contributed by atoms with Gasteiger partial charge in [-0.15, -0.1) is 11.3 Å². The second-order valence-corrected chi connectivity index (χ2v) is 6.22. The summed E-state index contributed by atoms with van der Waals surface area (Å²) in [4.78, 5) is 2.80. The van der Waals surface area contributed by atoms with Crippen molar-refractivity contribution in [3.8, 4) is 5.75 Å². The smallest absolute Gasteiger partial charge is 0.129 e. The number of phenolic OH excluding ortho intramolecular Hbond substituents is 1. The summed E-state index contributed by atoms with van der Waals surface area (Å²) in [6.07, 6.45) is 1.11. The van der Waals surface area contributed by atoms with Crippen LogP contribution in [-0.2, 0) is 19.5 Å². The van der Waals surface area contributed by atoms with Crippen LogP contribution in [-0.4, -0.2) is 5.11 Å². The van der Waals surface area contributed by atoms with E-state index in [0.717, 1.165) is 29.5 Å². The maximum absolute atomic E-state index is 9.41.